The first-order chi connectivity index (χ1) is 16.3. The van der Waals surface area contributed by atoms with E-state index in [-0.39, 0.29) is 17.5 Å². The summed E-state index contributed by atoms with van der Waals surface area (Å²) in [6, 6.07) is 11.6. The largest absolute Gasteiger partial charge is 0.486 e. The zero-order chi connectivity index (χ0) is 24.0. The maximum absolute atomic E-state index is 14.9. The first-order valence-electron chi connectivity index (χ1n) is 11.2. The van der Waals surface area contributed by atoms with E-state index in [1.165, 1.54) is 22.0 Å². The van der Waals surface area contributed by atoms with Crippen LogP contribution in [0, 0.1) is 11.6 Å². The zero-order valence-corrected chi connectivity index (χ0v) is 20.4. The van der Waals surface area contributed by atoms with Crippen LogP contribution in [0.1, 0.15) is 25.2 Å². The van der Waals surface area contributed by atoms with Crippen LogP contribution >= 0.6 is 11.3 Å². The molecule has 0 saturated carbocycles. The van der Waals surface area contributed by atoms with Crippen LogP contribution in [0.4, 0.5) is 19.5 Å². The minimum absolute atomic E-state index is 0.0903. The van der Waals surface area contributed by atoms with Crippen molar-refractivity contribution in [3.8, 4) is 17.0 Å². The molecular weight excluding hydrogens is 454 g/mol. The Morgan fingerprint density at radius 1 is 1.12 bits per heavy atom. The summed E-state index contributed by atoms with van der Waals surface area (Å²) in [6.45, 7) is 5.13. The molecule has 3 heterocycles. The molecule has 176 valence electrons. The smallest absolute Gasteiger partial charge is 0.178 e. The average molecular weight is 481 g/mol. The number of anilines is 2. The number of halogens is 2. The Labute approximate surface area is 201 Å². The van der Waals surface area contributed by atoms with Gasteiger partial charge in [0.05, 0.1) is 23.4 Å². The van der Waals surface area contributed by atoms with Crippen molar-refractivity contribution in [1.29, 1.82) is 0 Å². The summed E-state index contributed by atoms with van der Waals surface area (Å²) >= 11 is 1.73. The maximum atomic E-state index is 14.9. The second-order valence-electron chi connectivity index (χ2n) is 8.95. The van der Waals surface area contributed by atoms with Crippen LogP contribution in [0.15, 0.2) is 42.6 Å². The lowest BCUT2D eigenvalue weighted by Crippen LogP contribution is -2.38. The molecule has 0 radical (unpaired) electrons. The molecule has 34 heavy (non-hydrogen) atoms. The van der Waals surface area contributed by atoms with E-state index in [1.54, 1.807) is 17.4 Å². The number of nitrogens with zero attached hydrogens (tertiary/aromatic N) is 4. The fourth-order valence-corrected chi connectivity index (χ4v) is 5.22. The molecule has 2 aromatic heterocycles. The van der Waals surface area contributed by atoms with Crippen LogP contribution in [0.5, 0.6) is 5.75 Å². The Morgan fingerprint density at radius 3 is 2.71 bits per heavy atom. The predicted octanol–water partition coefficient (Wildman–Crippen LogP) is 5.90. The molecule has 1 aliphatic heterocycles. The van der Waals surface area contributed by atoms with Gasteiger partial charge in [0, 0.05) is 36.8 Å². The standard InChI is InChI=1S/C26H26F2N4OS/c1-15(2)32-7-8-33-26-19(27)11-18(12-21(26)32)25-20(28)14-29-23(30-25)10-16-5-6-22-17(9-16)13-24(34-22)31(3)4/h5-6,9,11-15H,7-8,10H2,1-4H3. The van der Waals surface area contributed by atoms with Gasteiger partial charge in [-0.05, 0) is 55.1 Å². The van der Waals surface area contributed by atoms with Crippen molar-refractivity contribution in [2.75, 3.05) is 37.0 Å². The molecule has 0 saturated heterocycles. The van der Waals surface area contributed by atoms with Crippen LogP contribution in [0.3, 0.4) is 0 Å². The molecule has 5 rings (SSSR count). The molecule has 5 nitrogen and oxygen atoms in total. The van der Waals surface area contributed by atoms with Gasteiger partial charge in [-0.3, -0.25) is 0 Å². The second-order valence-corrected chi connectivity index (χ2v) is 10.0. The first-order valence-corrected chi connectivity index (χ1v) is 12.1. The monoisotopic (exact) mass is 480 g/mol. The highest BCUT2D eigenvalue weighted by Crippen LogP contribution is 2.39. The van der Waals surface area contributed by atoms with E-state index in [0.717, 1.165) is 10.9 Å². The van der Waals surface area contributed by atoms with Crippen molar-refractivity contribution in [3.63, 3.8) is 0 Å². The molecule has 0 aliphatic carbocycles. The molecule has 0 bridgehead atoms. The van der Waals surface area contributed by atoms with Gasteiger partial charge in [0.2, 0.25) is 0 Å². The summed E-state index contributed by atoms with van der Waals surface area (Å²) in [5.74, 6) is -0.412. The van der Waals surface area contributed by atoms with Gasteiger partial charge in [-0.15, -0.1) is 11.3 Å². The molecule has 0 unspecified atom stereocenters. The Bertz CT molecular complexity index is 1370. The summed E-state index contributed by atoms with van der Waals surface area (Å²) < 4.78 is 36.5. The number of aromatic nitrogens is 2. The number of thiophene rings is 1. The highest BCUT2D eigenvalue weighted by Gasteiger charge is 2.25. The highest BCUT2D eigenvalue weighted by atomic mass is 32.1. The van der Waals surface area contributed by atoms with Crippen LogP contribution in [0.2, 0.25) is 0 Å². The van der Waals surface area contributed by atoms with Gasteiger partial charge in [-0.2, -0.15) is 0 Å². The van der Waals surface area contributed by atoms with Gasteiger partial charge >= 0.3 is 0 Å². The number of ether oxygens (including phenoxy) is 1. The number of fused-ring (bicyclic) bond motifs is 2. The fraction of sp³-hybridized carbons (Fsp3) is 0.308. The molecule has 0 atom stereocenters. The SMILES string of the molecule is CC(C)N1CCOc2c(F)cc(-c3nc(Cc4ccc5sc(N(C)C)cc5c4)ncc3F)cc21. The van der Waals surface area contributed by atoms with Crippen molar-refractivity contribution in [2.45, 2.75) is 26.3 Å². The molecule has 8 heteroatoms. The lowest BCUT2D eigenvalue weighted by atomic mass is 10.1. The Kier molecular flexibility index (Phi) is 5.85. The first kappa shape index (κ1) is 22.5. The molecule has 1 aliphatic rings. The van der Waals surface area contributed by atoms with E-state index in [0.29, 0.717) is 36.6 Å². The quantitative estimate of drug-likeness (QED) is 0.356. The van der Waals surface area contributed by atoms with Gasteiger partial charge in [0.25, 0.3) is 0 Å². The van der Waals surface area contributed by atoms with Crippen molar-refractivity contribution < 1.29 is 13.5 Å². The number of hydrogen-bond donors (Lipinski definition) is 0. The molecule has 4 aromatic rings. The zero-order valence-electron chi connectivity index (χ0n) is 19.6. The molecule has 0 amide bonds. The lowest BCUT2D eigenvalue weighted by molar-refractivity contribution is 0.287. The van der Waals surface area contributed by atoms with Gasteiger partial charge in [0.15, 0.2) is 17.4 Å². The normalized spacial score (nSPS) is 13.3. The highest BCUT2D eigenvalue weighted by molar-refractivity contribution is 7.22. The maximum Gasteiger partial charge on any atom is 0.178 e. The molecule has 2 aromatic carbocycles. The summed E-state index contributed by atoms with van der Waals surface area (Å²) in [6.07, 6.45) is 1.62. The van der Waals surface area contributed by atoms with E-state index in [2.05, 4.69) is 38.0 Å². The van der Waals surface area contributed by atoms with Crippen LogP contribution in [-0.2, 0) is 6.42 Å². The predicted molar refractivity (Wildman–Crippen MR) is 134 cm³/mol. The average Bonchev–Trinajstić information content (AvgIpc) is 3.24. The third-order valence-electron chi connectivity index (χ3n) is 5.97. The van der Waals surface area contributed by atoms with Gasteiger partial charge in [0.1, 0.15) is 18.1 Å². The fourth-order valence-electron chi connectivity index (χ4n) is 4.26. The van der Waals surface area contributed by atoms with Crippen LogP contribution in [-0.4, -0.2) is 43.3 Å². The molecule has 0 N–H and O–H groups in total. The van der Waals surface area contributed by atoms with Gasteiger partial charge in [-0.25, -0.2) is 18.7 Å². The van der Waals surface area contributed by atoms with Crippen molar-refractivity contribution in [2.24, 2.45) is 0 Å². The number of hydrogen-bond acceptors (Lipinski definition) is 6. The van der Waals surface area contributed by atoms with Gasteiger partial charge in [-0.1, -0.05) is 6.07 Å². The van der Waals surface area contributed by atoms with E-state index in [4.69, 9.17) is 4.74 Å². The third kappa shape index (κ3) is 4.18. The lowest BCUT2D eigenvalue weighted by Gasteiger charge is -2.34. The van der Waals surface area contributed by atoms with E-state index in [9.17, 15) is 8.78 Å². The van der Waals surface area contributed by atoms with E-state index in [1.807, 2.05) is 34.0 Å². The Hall–Kier alpha value is -3.26. The minimum Gasteiger partial charge on any atom is -0.486 e. The van der Waals surface area contributed by atoms with Crippen molar-refractivity contribution in [1.82, 2.24) is 9.97 Å². The van der Waals surface area contributed by atoms with Gasteiger partial charge < -0.3 is 14.5 Å². The molecular formula is C26H26F2N4OS. The summed E-state index contributed by atoms with van der Waals surface area (Å²) in [5, 5.41) is 2.33. The molecule has 0 spiro atoms. The van der Waals surface area contributed by atoms with E-state index < -0.39 is 11.6 Å². The minimum atomic E-state index is -0.583. The summed E-state index contributed by atoms with van der Waals surface area (Å²) in [7, 11) is 4.05. The Balaban J connectivity index is 1.50. The molecule has 0 fully saturated rings. The summed E-state index contributed by atoms with van der Waals surface area (Å²) in [4.78, 5) is 12.8. The Morgan fingerprint density at radius 2 is 1.94 bits per heavy atom. The van der Waals surface area contributed by atoms with Crippen LogP contribution in [0.25, 0.3) is 21.3 Å². The van der Waals surface area contributed by atoms with Crippen LogP contribution < -0.4 is 14.5 Å². The number of rotatable bonds is 5. The third-order valence-corrected chi connectivity index (χ3v) is 7.26. The van der Waals surface area contributed by atoms with E-state index >= 15 is 0 Å². The second kappa shape index (κ2) is 8.83. The number of benzene rings is 2. The van der Waals surface area contributed by atoms with Crippen molar-refractivity contribution in [3.05, 3.63) is 65.6 Å². The summed E-state index contributed by atoms with van der Waals surface area (Å²) in [5.41, 5.74) is 2.12. The van der Waals surface area contributed by atoms with Crippen molar-refractivity contribution >= 4 is 32.1 Å². The topological polar surface area (TPSA) is 41.5 Å².